The first-order valence-corrected chi connectivity index (χ1v) is 8.11. The summed E-state index contributed by atoms with van der Waals surface area (Å²) >= 11 is 2.66. The Kier molecular flexibility index (Phi) is 5.87. The molecule has 1 amide bonds. The molecule has 7 heteroatoms. The van der Waals surface area contributed by atoms with Gasteiger partial charge in [-0.1, -0.05) is 23.3 Å². The van der Waals surface area contributed by atoms with E-state index in [9.17, 15) is 4.79 Å². The van der Waals surface area contributed by atoms with Crippen molar-refractivity contribution in [1.82, 2.24) is 14.9 Å². The predicted molar refractivity (Wildman–Crippen MR) is 83.4 cm³/mol. The quantitative estimate of drug-likeness (QED) is 0.824. The van der Waals surface area contributed by atoms with Crippen LogP contribution < -0.4 is 5.32 Å². The second-order valence-corrected chi connectivity index (χ2v) is 6.05. The third-order valence-electron chi connectivity index (χ3n) is 2.63. The fourth-order valence-corrected chi connectivity index (χ4v) is 3.09. The third kappa shape index (κ3) is 4.36. The van der Waals surface area contributed by atoms with Crippen LogP contribution in [-0.4, -0.2) is 27.2 Å². The molecule has 0 spiro atoms. The highest BCUT2D eigenvalue weighted by molar-refractivity contribution is 7.12. The van der Waals surface area contributed by atoms with E-state index in [0.29, 0.717) is 24.3 Å². The van der Waals surface area contributed by atoms with Gasteiger partial charge in [-0.2, -0.15) is 0 Å². The van der Waals surface area contributed by atoms with Crippen molar-refractivity contribution in [3.8, 4) is 11.8 Å². The lowest BCUT2D eigenvalue weighted by atomic mass is 10.3. The molecule has 0 aliphatic heterocycles. The van der Waals surface area contributed by atoms with Crippen LogP contribution >= 0.6 is 22.9 Å². The van der Waals surface area contributed by atoms with E-state index in [-0.39, 0.29) is 12.5 Å². The molecule has 2 heterocycles. The van der Waals surface area contributed by atoms with Crippen LogP contribution in [-0.2, 0) is 13.0 Å². The van der Waals surface area contributed by atoms with Gasteiger partial charge in [0.15, 0.2) is 0 Å². The molecule has 0 atom stereocenters. The molecule has 0 aliphatic carbocycles. The largest absolute Gasteiger partial charge is 0.395 e. The molecule has 2 aromatic rings. The number of hydrogen-bond donors (Lipinski definition) is 2. The molecule has 0 fully saturated rings. The number of carbonyl (C=O) groups excluding carboxylic acids is 1. The van der Waals surface area contributed by atoms with Crippen LogP contribution in [0.3, 0.4) is 0 Å². The zero-order valence-corrected chi connectivity index (χ0v) is 13.2. The van der Waals surface area contributed by atoms with E-state index in [0.717, 1.165) is 27.0 Å². The van der Waals surface area contributed by atoms with Crippen molar-refractivity contribution in [2.24, 2.45) is 0 Å². The topological polar surface area (TPSA) is 75.1 Å². The number of nitrogens with zero attached hydrogens (tertiary/aromatic N) is 2. The number of nitrogens with one attached hydrogen (secondary N) is 1. The van der Waals surface area contributed by atoms with E-state index in [1.807, 2.05) is 19.1 Å². The summed E-state index contributed by atoms with van der Waals surface area (Å²) in [6, 6.07) is 3.86. The Hall–Kier alpha value is -1.75. The molecule has 0 aliphatic rings. The average Bonchev–Trinajstić information content (AvgIpc) is 3.14. The maximum atomic E-state index is 12.0. The van der Waals surface area contributed by atoms with Crippen molar-refractivity contribution in [3.63, 3.8) is 0 Å². The van der Waals surface area contributed by atoms with Crippen molar-refractivity contribution in [2.75, 3.05) is 6.61 Å². The molecule has 2 aromatic heterocycles. The van der Waals surface area contributed by atoms with Gasteiger partial charge in [-0.15, -0.1) is 16.4 Å². The molecule has 0 saturated carbocycles. The van der Waals surface area contributed by atoms with Crippen LogP contribution in [0, 0.1) is 11.8 Å². The highest BCUT2D eigenvalue weighted by Crippen LogP contribution is 2.16. The Morgan fingerprint density at radius 2 is 2.33 bits per heavy atom. The lowest BCUT2D eigenvalue weighted by Crippen LogP contribution is -2.22. The minimum absolute atomic E-state index is 0.0733. The lowest BCUT2D eigenvalue weighted by molar-refractivity contribution is 0.0954. The molecule has 2 rings (SSSR count). The van der Waals surface area contributed by atoms with Gasteiger partial charge in [0, 0.05) is 11.3 Å². The molecule has 2 N–H and O–H groups in total. The van der Waals surface area contributed by atoms with Gasteiger partial charge in [-0.05, 0) is 30.1 Å². The molecule has 0 aromatic carbocycles. The number of hydrogen-bond acceptors (Lipinski definition) is 6. The monoisotopic (exact) mass is 321 g/mol. The standard InChI is InChI=1S/C14H15N3O2S2/c1-2-12-13(21-17-16-12)14(19)15-9-11-7-6-10(20-11)5-3-4-8-18/h6-7,18H,2,4,8-9H2,1H3,(H,15,19). The summed E-state index contributed by atoms with van der Waals surface area (Å²) in [5.41, 5.74) is 0.735. The molecule has 0 saturated heterocycles. The van der Waals surface area contributed by atoms with E-state index >= 15 is 0 Å². The Bertz CT molecular complexity index is 667. The number of aliphatic hydroxyl groups is 1. The molecule has 110 valence electrons. The Morgan fingerprint density at radius 3 is 3.10 bits per heavy atom. The maximum absolute atomic E-state index is 12.0. The Morgan fingerprint density at radius 1 is 1.48 bits per heavy atom. The Balaban J connectivity index is 1.92. The fraction of sp³-hybridized carbons (Fsp3) is 0.357. The first kappa shape index (κ1) is 15.6. The molecule has 21 heavy (non-hydrogen) atoms. The Labute approximate surface area is 131 Å². The van der Waals surface area contributed by atoms with E-state index < -0.39 is 0 Å². The van der Waals surface area contributed by atoms with Crippen LogP contribution in [0.25, 0.3) is 0 Å². The number of aromatic nitrogens is 2. The minimum Gasteiger partial charge on any atom is -0.395 e. The second kappa shape index (κ2) is 7.88. The number of rotatable bonds is 5. The average molecular weight is 321 g/mol. The van der Waals surface area contributed by atoms with Gasteiger partial charge in [0.05, 0.1) is 23.7 Å². The van der Waals surface area contributed by atoms with Gasteiger partial charge in [0.2, 0.25) is 0 Å². The first-order valence-electron chi connectivity index (χ1n) is 6.52. The van der Waals surface area contributed by atoms with Gasteiger partial charge < -0.3 is 10.4 Å². The zero-order valence-electron chi connectivity index (χ0n) is 11.5. The van der Waals surface area contributed by atoms with Gasteiger partial charge in [0.25, 0.3) is 5.91 Å². The summed E-state index contributed by atoms with van der Waals surface area (Å²) in [5.74, 6) is 5.72. The number of amides is 1. The fourth-order valence-electron chi connectivity index (χ4n) is 1.61. The van der Waals surface area contributed by atoms with Crippen LogP contribution in [0.15, 0.2) is 12.1 Å². The van der Waals surface area contributed by atoms with Crippen molar-refractivity contribution in [3.05, 3.63) is 32.5 Å². The van der Waals surface area contributed by atoms with E-state index in [1.165, 1.54) is 11.3 Å². The highest BCUT2D eigenvalue weighted by Gasteiger charge is 2.14. The first-order chi connectivity index (χ1) is 10.2. The molecule has 5 nitrogen and oxygen atoms in total. The smallest absolute Gasteiger partial charge is 0.265 e. The van der Waals surface area contributed by atoms with Crippen LogP contribution in [0.4, 0.5) is 0 Å². The zero-order chi connectivity index (χ0) is 15.1. The van der Waals surface area contributed by atoms with Crippen molar-refractivity contribution in [2.45, 2.75) is 26.3 Å². The summed E-state index contributed by atoms with van der Waals surface area (Å²) < 4.78 is 3.81. The van der Waals surface area contributed by atoms with E-state index in [4.69, 9.17) is 5.11 Å². The molecule has 0 radical (unpaired) electrons. The second-order valence-electron chi connectivity index (χ2n) is 4.13. The predicted octanol–water partition coefficient (Wildman–Crippen LogP) is 1.83. The summed E-state index contributed by atoms with van der Waals surface area (Å²) in [6.45, 7) is 2.49. The molecule has 0 bridgehead atoms. The SMILES string of the molecule is CCc1nnsc1C(=O)NCc1ccc(C#CCCO)s1. The number of aliphatic hydroxyl groups excluding tert-OH is 1. The summed E-state index contributed by atoms with van der Waals surface area (Å²) in [5, 5.41) is 15.5. The van der Waals surface area contributed by atoms with Crippen LogP contribution in [0.5, 0.6) is 0 Å². The van der Waals surface area contributed by atoms with Gasteiger partial charge >= 0.3 is 0 Å². The lowest BCUT2D eigenvalue weighted by Gasteiger charge is -2.01. The summed E-state index contributed by atoms with van der Waals surface area (Å²) in [4.78, 5) is 14.6. The van der Waals surface area contributed by atoms with E-state index in [1.54, 1.807) is 0 Å². The summed E-state index contributed by atoms with van der Waals surface area (Å²) in [7, 11) is 0. The molecular formula is C14H15N3O2S2. The van der Waals surface area contributed by atoms with Crippen molar-refractivity contribution >= 4 is 28.8 Å². The van der Waals surface area contributed by atoms with Gasteiger partial charge in [-0.25, -0.2) is 0 Å². The maximum Gasteiger partial charge on any atom is 0.265 e. The normalized spacial score (nSPS) is 10.0. The number of aryl methyl sites for hydroxylation is 1. The van der Waals surface area contributed by atoms with Crippen LogP contribution in [0.1, 0.15) is 38.5 Å². The minimum atomic E-state index is -0.136. The van der Waals surface area contributed by atoms with Crippen molar-refractivity contribution in [1.29, 1.82) is 0 Å². The molecular weight excluding hydrogens is 306 g/mol. The summed E-state index contributed by atoms with van der Waals surface area (Å²) in [6.07, 6.45) is 1.17. The van der Waals surface area contributed by atoms with Crippen molar-refractivity contribution < 1.29 is 9.90 Å². The van der Waals surface area contributed by atoms with E-state index in [2.05, 4.69) is 26.7 Å². The number of carbonyl (C=O) groups is 1. The van der Waals surface area contributed by atoms with Crippen LogP contribution in [0.2, 0.25) is 0 Å². The number of thiophene rings is 1. The van der Waals surface area contributed by atoms with Gasteiger partial charge in [0.1, 0.15) is 4.88 Å². The highest BCUT2D eigenvalue weighted by atomic mass is 32.1. The van der Waals surface area contributed by atoms with Gasteiger partial charge in [-0.3, -0.25) is 4.79 Å². The molecule has 0 unspecified atom stereocenters. The third-order valence-corrected chi connectivity index (χ3v) is 4.40.